The smallest absolute Gasteiger partial charge is 0.101 e. The predicted octanol–water partition coefficient (Wildman–Crippen LogP) is 5.28. The highest BCUT2D eigenvalue weighted by atomic mass is 32.1. The fourth-order valence-corrected chi connectivity index (χ4v) is 3.32. The first-order valence-electron chi connectivity index (χ1n) is 5.37. The Kier molecular flexibility index (Phi) is 2.94. The molecule has 3 rings (SSSR count). The van der Waals surface area contributed by atoms with Gasteiger partial charge in [-0.2, -0.15) is 0 Å². The number of benzene rings is 1. The Labute approximate surface area is 109 Å². The molecule has 0 aliphatic heterocycles. The van der Waals surface area contributed by atoms with Crippen molar-refractivity contribution in [1.29, 1.82) is 0 Å². The van der Waals surface area contributed by atoms with Crippen LogP contribution in [0.1, 0.15) is 0 Å². The molecule has 2 aromatic heterocycles. The highest BCUT2D eigenvalue weighted by Gasteiger charge is 2.12. The van der Waals surface area contributed by atoms with E-state index in [0.717, 1.165) is 0 Å². The van der Waals surface area contributed by atoms with E-state index >= 15 is 0 Å². The average molecular weight is 257 g/mol. The van der Waals surface area contributed by atoms with Gasteiger partial charge in [0.1, 0.15) is 10.0 Å². The summed E-state index contributed by atoms with van der Waals surface area (Å²) in [4.78, 5) is 2.29. The van der Waals surface area contributed by atoms with Crippen molar-refractivity contribution in [2.45, 2.75) is 0 Å². The summed E-state index contributed by atoms with van der Waals surface area (Å²) >= 11 is 3.51. The zero-order chi connectivity index (χ0) is 11.5. The first-order valence-corrected chi connectivity index (χ1v) is 7.13. The molecular weight excluding hydrogens is 246 g/mol. The van der Waals surface area contributed by atoms with Crippen molar-refractivity contribution < 1.29 is 0 Å². The molecule has 3 heteroatoms. The molecule has 0 saturated heterocycles. The van der Waals surface area contributed by atoms with E-state index in [9.17, 15) is 0 Å². The third-order valence-electron chi connectivity index (χ3n) is 2.47. The molecule has 0 amide bonds. The molecule has 0 N–H and O–H groups in total. The molecule has 2 heterocycles. The molecule has 0 aliphatic rings. The van der Waals surface area contributed by atoms with Crippen LogP contribution in [0.3, 0.4) is 0 Å². The SMILES string of the molecule is c1ccc(N(c2cccs2)c2cccs2)cc1. The van der Waals surface area contributed by atoms with Crippen LogP contribution in [-0.2, 0) is 0 Å². The summed E-state index contributed by atoms with van der Waals surface area (Å²) in [6.45, 7) is 0. The van der Waals surface area contributed by atoms with Crippen LogP contribution < -0.4 is 4.90 Å². The molecule has 0 unspecified atom stereocenters. The molecule has 0 bridgehead atoms. The van der Waals surface area contributed by atoms with Crippen LogP contribution >= 0.6 is 22.7 Å². The Morgan fingerprint density at radius 3 is 1.71 bits per heavy atom. The molecule has 0 spiro atoms. The van der Waals surface area contributed by atoms with Gasteiger partial charge in [-0.15, -0.1) is 22.7 Å². The van der Waals surface area contributed by atoms with E-state index in [4.69, 9.17) is 0 Å². The summed E-state index contributed by atoms with van der Waals surface area (Å²) in [7, 11) is 0. The molecule has 17 heavy (non-hydrogen) atoms. The van der Waals surface area contributed by atoms with Crippen LogP contribution in [0.2, 0.25) is 0 Å². The van der Waals surface area contributed by atoms with E-state index in [1.165, 1.54) is 15.7 Å². The summed E-state index contributed by atoms with van der Waals surface area (Å²) < 4.78 is 0. The normalized spacial score (nSPS) is 10.4. The van der Waals surface area contributed by atoms with Crippen LogP contribution in [0.4, 0.5) is 15.7 Å². The van der Waals surface area contributed by atoms with Gasteiger partial charge in [0.2, 0.25) is 0 Å². The van der Waals surface area contributed by atoms with Crippen molar-refractivity contribution in [3.8, 4) is 0 Å². The second kappa shape index (κ2) is 4.73. The first kappa shape index (κ1) is 10.6. The lowest BCUT2D eigenvalue weighted by Crippen LogP contribution is -2.05. The van der Waals surface area contributed by atoms with Gasteiger partial charge in [0.25, 0.3) is 0 Å². The quantitative estimate of drug-likeness (QED) is 0.617. The van der Waals surface area contributed by atoms with Crippen molar-refractivity contribution >= 4 is 38.4 Å². The maximum absolute atomic E-state index is 2.29. The molecule has 0 fully saturated rings. The average Bonchev–Trinajstić information content (AvgIpc) is 3.04. The van der Waals surface area contributed by atoms with Crippen molar-refractivity contribution in [3.63, 3.8) is 0 Å². The van der Waals surface area contributed by atoms with E-state index in [1.54, 1.807) is 22.7 Å². The van der Waals surface area contributed by atoms with Gasteiger partial charge in [-0.3, -0.25) is 4.90 Å². The van der Waals surface area contributed by atoms with E-state index in [0.29, 0.717) is 0 Å². The molecule has 1 aromatic carbocycles. The Morgan fingerprint density at radius 1 is 0.647 bits per heavy atom. The molecular formula is C14H11NS2. The van der Waals surface area contributed by atoms with Gasteiger partial charge in [-0.05, 0) is 47.2 Å². The summed E-state index contributed by atoms with van der Waals surface area (Å²) in [5.41, 5.74) is 1.21. The van der Waals surface area contributed by atoms with Crippen molar-refractivity contribution in [2.75, 3.05) is 4.90 Å². The number of hydrogen-bond acceptors (Lipinski definition) is 3. The van der Waals surface area contributed by atoms with Gasteiger partial charge in [-0.25, -0.2) is 0 Å². The van der Waals surface area contributed by atoms with Crippen molar-refractivity contribution in [1.82, 2.24) is 0 Å². The lowest BCUT2D eigenvalue weighted by Gasteiger charge is -2.21. The number of anilines is 3. The molecule has 3 aromatic rings. The van der Waals surface area contributed by atoms with Gasteiger partial charge < -0.3 is 0 Å². The van der Waals surface area contributed by atoms with E-state index in [2.05, 4.69) is 64.2 Å². The Bertz CT molecular complexity index is 521. The summed E-state index contributed by atoms with van der Waals surface area (Å²) in [5.74, 6) is 0. The third kappa shape index (κ3) is 2.12. The highest BCUT2D eigenvalue weighted by molar-refractivity contribution is 7.16. The third-order valence-corrected chi connectivity index (χ3v) is 4.17. The number of nitrogens with zero attached hydrogens (tertiary/aromatic N) is 1. The van der Waals surface area contributed by atoms with Crippen LogP contribution in [0.5, 0.6) is 0 Å². The molecule has 1 nitrogen and oxygen atoms in total. The van der Waals surface area contributed by atoms with Crippen LogP contribution in [0.15, 0.2) is 65.4 Å². The number of thiophene rings is 2. The number of hydrogen-bond donors (Lipinski definition) is 0. The highest BCUT2D eigenvalue weighted by Crippen LogP contribution is 2.39. The predicted molar refractivity (Wildman–Crippen MR) is 76.9 cm³/mol. The lowest BCUT2D eigenvalue weighted by molar-refractivity contribution is 1.36. The Hall–Kier alpha value is -1.58. The van der Waals surface area contributed by atoms with Gasteiger partial charge >= 0.3 is 0 Å². The minimum absolute atomic E-state index is 1.21. The van der Waals surface area contributed by atoms with E-state index in [1.807, 2.05) is 6.07 Å². The fourth-order valence-electron chi connectivity index (χ4n) is 1.73. The summed E-state index contributed by atoms with van der Waals surface area (Å²) in [5, 5.41) is 6.72. The Balaban J connectivity index is 2.10. The lowest BCUT2D eigenvalue weighted by atomic mass is 10.3. The topological polar surface area (TPSA) is 3.24 Å². The zero-order valence-electron chi connectivity index (χ0n) is 9.11. The van der Waals surface area contributed by atoms with Gasteiger partial charge in [0, 0.05) is 5.69 Å². The van der Waals surface area contributed by atoms with Gasteiger partial charge in [-0.1, -0.05) is 18.2 Å². The standard InChI is InChI=1S/C14H11NS2/c1-2-6-12(7-3-1)15(13-8-4-10-16-13)14-9-5-11-17-14/h1-11H. The van der Waals surface area contributed by atoms with E-state index in [-0.39, 0.29) is 0 Å². The van der Waals surface area contributed by atoms with Crippen LogP contribution in [0, 0.1) is 0 Å². The first-order chi connectivity index (χ1) is 8.45. The minimum Gasteiger partial charge on any atom is -0.293 e. The summed E-state index contributed by atoms with van der Waals surface area (Å²) in [6, 6.07) is 18.9. The Morgan fingerprint density at radius 2 is 1.24 bits per heavy atom. The second-order valence-electron chi connectivity index (χ2n) is 3.57. The number of para-hydroxylation sites is 1. The minimum atomic E-state index is 1.21. The maximum atomic E-state index is 2.29. The van der Waals surface area contributed by atoms with Crippen molar-refractivity contribution in [3.05, 3.63) is 65.4 Å². The zero-order valence-corrected chi connectivity index (χ0v) is 10.7. The van der Waals surface area contributed by atoms with Gasteiger partial charge in [0.05, 0.1) is 0 Å². The largest absolute Gasteiger partial charge is 0.293 e. The molecule has 84 valence electrons. The van der Waals surface area contributed by atoms with Crippen molar-refractivity contribution in [2.24, 2.45) is 0 Å². The molecule has 0 aliphatic carbocycles. The molecule has 0 atom stereocenters. The fraction of sp³-hybridized carbons (Fsp3) is 0. The monoisotopic (exact) mass is 257 g/mol. The molecule has 0 saturated carbocycles. The van der Waals surface area contributed by atoms with Gasteiger partial charge in [0.15, 0.2) is 0 Å². The summed E-state index contributed by atoms with van der Waals surface area (Å²) in [6.07, 6.45) is 0. The van der Waals surface area contributed by atoms with Crippen LogP contribution in [-0.4, -0.2) is 0 Å². The van der Waals surface area contributed by atoms with E-state index < -0.39 is 0 Å². The van der Waals surface area contributed by atoms with Crippen LogP contribution in [0.25, 0.3) is 0 Å². The maximum Gasteiger partial charge on any atom is 0.101 e. The second-order valence-corrected chi connectivity index (χ2v) is 5.43. The number of rotatable bonds is 3. The molecule has 0 radical (unpaired) electrons.